The number of anilines is 1. The van der Waals surface area contributed by atoms with Crippen LogP contribution in [0.1, 0.15) is 18.4 Å². The Kier molecular flexibility index (Phi) is 5.89. The summed E-state index contributed by atoms with van der Waals surface area (Å²) in [5.41, 5.74) is 3.71. The minimum atomic E-state index is 0.732. The Labute approximate surface area is 184 Å². The van der Waals surface area contributed by atoms with Crippen LogP contribution in [-0.2, 0) is 6.54 Å². The van der Waals surface area contributed by atoms with Crippen LogP contribution in [0.25, 0.3) is 10.9 Å². The molecular formula is C25H29ClN4. The SMILES string of the molecule is Clc1ccc2c(CN3CCN(C4CCN(c5ccccc5)CC4)CC3)ccnc2c1. The molecule has 0 atom stereocenters. The molecule has 3 heterocycles. The van der Waals surface area contributed by atoms with E-state index in [2.05, 4.69) is 62.1 Å². The van der Waals surface area contributed by atoms with E-state index in [0.717, 1.165) is 36.2 Å². The molecule has 2 aromatic carbocycles. The van der Waals surface area contributed by atoms with Crippen molar-refractivity contribution in [3.63, 3.8) is 0 Å². The number of para-hydroxylation sites is 1. The molecular weight excluding hydrogens is 392 g/mol. The van der Waals surface area contributed by atoms with Crippen LogP contribution < -0.4 is 4.90 Å². The molecule has 4 nitrogen and oxygen atoms in total. The maximum Gasteiger partial charge on any atom is 0.0720 e. The third-order valence-corrected chi connectivity index (χ3v) is 6.93. The first-order valence-corrected chi connectivity index (χ1v) is 11.4. The molecule has 1 aromatic heterocycles. The molecule has 3 aromatic rings. The topological polar surface area (TPSA) is 22.6 Å². The lowest BCUT2D eigenvalue weighted by atomic mass is 10.0. The standard InChI is InChI=1S/C25H29ClN4/c26-21-6-7-24-20(8-11-27-25(24)18-21)19-28-14-16-30(17-15-28)23-9-12-29(13-10-23)22-4-2-1-3-5-22/h1-8,11,18,23H,9-10,12-17,19H2. The molecule has 0 amide bonds. The normalized spacial score (nSPS) is 19.4. The monoisotopic (exact) mass is 420 g/mol. The molecule has 30 heavy (non-hydrogen) atoms. The number of fused-ring (bicyclic) bond motifs is 1. The predicted octanol–water partition coefficient (Wildman–Crippen LogP) is 4.67. The molecule has 5 rings (SSSR count). The highest BCUT2D eigenvalue weighted by Crippen LogP contribution is 2.25. The Morgan fingerprint density at radius 3 is 2.40 bits per heavy atom. The van der Waals surface area contributed by atoms with Gasteiger partial charge in [0, 0.05) is 74.1 Å². The van der Waals surface area contributed by atoms with Gasteiger partial charge in [0.25, 0.3) is 0 Å². The highest BCUT2D eigenvalue weighted by molar-refractivity contribution is 6.31. The number of rotatable bonds is 4. The molecule has 0 bridgehead atoms. The summed E-state index contributed by atoms with van der Waals surface area (Å²) >= 11 is 6.14. The molecule has 2 fully saturated rings. The fraction of sp³-hybridized carbons (Fsp3) is 0.400. The molecule has 156 valence electrons. The lowest BCUT2D eigenvalue weighted by Crippen LogP contribution is -2.53. The molecule has 0 aliphatic carbocycles. The van der Waals surface area contributed by atoms with Crippen LogP contribution in [0.5, 0.6) is 0 Å². The highest BCUT2D eigenvalue weighted by atomic mass is 35.5. The van der Waals surface area contributed by atoms with Crippen LogP contribution in [0.4, 0.5) is 5.69 Å². The fourth-order valence-corrected chi connectivity index (χ4v) is 5.14. The number of hydrogen-bond donors (Lipinski definition) is 0. The molecule has 0 unspecified atom stereocenters. The van der Waals surface area contributed by atoms with Gasteiger partial charge in [-0.15, -0.1) is 0 Å². The van der Waals surface area contributed by atoms with E-state index < -0.39 is 0 Å². The van der Waals surface area contributed by atoms with E-state index in [1.807, 2.05) is 18.3 Å². The van der Waals surface area contributed by atoms with Crippen molar-refractivity contribution in [2.75, 3.05) is 44.2 Å². The van der Waals surface area contributed by atoms with Gasteiger partial charge in [0.15, 0.2) is 0 Å². The van der Waals surface area contributed by atoms with Gasteiger partial charge >= 0.3 is 0 Å². The van der Waals surface area contributed by atoms with Gasteiger partial charge in [0.05, 0.1) is 5.52 Å². The largest absolute Gasteiger partial charge is 0.371 e. The number of aromatic nitrogens is 1. The number of piperidine rings is 1. The molecule has 2 saturated heterocycles. The van der Waals surface area contributed by atoms with E-state index in [4.69, 9.17) is 11.6 Å². The Balaban J connectivity index is 1.15. The van der Waals surface area contributed by atoms with Crippen LogP contribution in [0.15, 0.2) is 60.8 Å². The van der Waals surface area contributed by atoms with Gasteiger partial charge in [0.1, 0.15) is 0 Å². The molecule has 0 radical (unpaired) electrons. The van der Waals surface area contributed by atoms with E-state index in [9.17, 15) is 0 Å². The van der Waals surface area contributed by atoms with Gasteiger partial charge < -0.3 is 4.90 Å². The third kappa shape index (κ3) is 4.31. The van der Waals surface area contributed by atoms with Crippen LogP contribution in [0.2, 0.25) is 5.02 Å². The first-order chi connectivity index (χ1) is 14.8. The summed E-state index contributed by atoms with van der Waals surface area (Å²) in [6.07, 6.45) is 4.44. The summed E-state index contributed by atoms with van der Waals surface area (Å²) in [6.45, 7) is 7.93. The summed E-state index contributed by atoms with van der Waals surface area (Å²) in [6, 6.07) is 19.8. The number of nitrogens with zero attached hydrogens (tertiary/aromatic N) is 4. The summed E-state index contributed by atoms with van der Waals surface area (Å²) in [5, 5.41) is 1.97. The van der Waals surface area contributed by atoms with Gasteiger partial charge in [-0.05, 0) is 48.7 Å². The number of benzene rings is 2. The van der Waals surface area contributed by atoms with Gasteiger partial charge in [-0.25, -0.2) is 0 Å². The zero-order chi connectivity index (χ0) is 20.3. The lowest BCUT2D eigenvalue weighted by Gasteiger charge is -2.43. The van der Waals surface area contributed by atoms with Crippen molar-refractivity contribution in [3.8, 4) is 0 Å². The molecule has 2 aliphatic rings. The van der Waals surface area contributed by atoms with Gasteiger partial charge in [-0.2, -0.15) is 0 Å². The van der Waals surface area contributed by atoms with Crippen LogP contribution in [0.3, 0.4) is 0 Å². The number of halogens is 1. The summed E-state index contributed by atoms with van der Waals surface area (Å²) in [4.78, 5) is 12.3. The first-order valence-electron chi connectivity index (χ1n) is 11.1. The average Bonchev–Trinajstić information content (AvgIpc) is 2.80. The van der Waals surface area contributed by atoms with Crippen molar-refractivity contribution >= 4 is 28.2 Å². The minimum Gasteiger partial charge on any atom is -0.371 e. The van der Waals surface area contributed by atoms with E-state index in [1.165, 1.54) is 55.7 Å². The first kappa shape index (κ1) is 19.8. The van der Waals surface area contributed by atoms with Crippen molar-refractivity contribution in [3.05, 3.63) is 71.4 Å². The lowest BCUT2D eigenvalue weighted by molar-refractivity contribution is 0.0814. The van der Waals surface area contributed by atoms with E-state index >= 15 is 0 Å². The Morgan fingerprint density at radius 1 is 0.867 bits per heavy atom. The van der Waals surface area contributed by atoms with Gasteiger partial charge in [-0.3, -0.25) is 14.8 Å². The average molecular weight is 421 g/mol. The van der Waals surface area contributed by atoms with Crippen LogP contribution in [-0.4, -0.2) is 60.1 Å². The van der Waals surface area contributed by atoms with Crippen molar-refractivity contribution < 1.29 is 0 Å². The van der Waals surface area contributed by atoms with Gasteiger partial charge in [0.2, 0.25) is 0 Å². The van der Waals surface area contributed by atoms with Crippen molar-refractivity contribution in [1.29, 1.82) is 0 Å². The second-order valence-electron chi connectivity index (χ2n) is 8.50. The van der Waals surface area contributed by atoms with E-state index in [0.29, 0.717) is 0 Å². The zero-order valence-corrected chi connectivity index (χ0v) is 18.1. The molecule has 0 saturated carbocycles. The molecule has 2 aliphatic heterocycles. The third-order valence-electron chi connectivity index (χ3n) is 6.70. The van der Waals surface area contributed by atoms with Crippen LogP contribution >= 0.6 is 11.6 Å². The minimum absolute atomic E-state index is 0.732. The summed E-state index contributed by atoms with van der Waals surface area (Å²) in [7, 11) is 0. The predicted molar refractivity (Wildman–Crippen MR) is 125 cm³/mol. The highest BCUT2D eigenvalue weighted by Gasteiger charge is 2.27. The maximum absolute atomic E-state index is 6.14. The Bertz CT molecular complexity index is 977. The van der Waals surface area contributed by atoms with Crippen molar-refractivity contribution in [1.82, 2.24) is 14.8 Å². The number of hydrogen-bond acceptors (Lipinski definition) is 4. The fourth-order valence-electron chi connectivity index (χ4n) is 4.97. The Morgan fingerprint density at radius 2 is 1.63 bits per heavy atom. The zero-order valence-electron chi connectivity index (χ0n) is 17.4. The second-order valence-corrected chi connectivity index (χ2v) is 8.93. The van der Waals surface area contributed by atoms with Crippen LogP contribution in [0, 0.1) is 0 Å². The van der Waals surface area contributed by atoms with Gasteiger partial charge in [-0.1, -0.05) is 35.9 Å². The smallest absolute Gasteiger partial charge is 0.0720 e. The Hall–Kier alpha value is -2.14. The molecule has 0 spiro atoms. The van der Waals surface area contributed by atoms with E-state index in [-0.39, 0.29) is 0 Å². The molecule has 5 heteroatoms. The second kappa shape index (κ2) is 8.93. The molecule has 0 N–H and O–H groups in total. The number of piperazine rings is 1. The van der Waals surface area contributed by atoms with Crippen molar-refractivity contribution in [2.24, 2.45) is 0 Å². The van der Waals surface area contributed by atoms with Crippen molar-refractivity contribution in [2.45, 2.75) is 25.4 Å². The summed E-state index contributed by atoms with van der Waals surface area (Å²) in [5.74, 6) is 0. The van der Waals surface area contributed by atoms with E-state index in [1.54, 1.807) is 0 Å². The number of pyridine rings is 1. The maximum atomic E-state index is 6.14. The quantitative estimate of drug-likeness (QED) is 0.611. The summed E-state index contributed by atoms with van der Waals surface area (Å²) < 4.78 is 0.